The molecule has 1 aromatic rings. The van der Waals surface area contributed by atoms with Crippen LogP contribution in [0.3, 0.4) is 0 Å². The first-order chi connectivity index (χ1) is 6.50. The maximum Gasteiger partial charge on any atom is 0.338 e. The molecule has 1 rings (SSSR count). The standard InChI is InChI=1S/C10H13NO2S/c1-6(2)14-9-8(10(12)13)4-7(3)5-11-9/h4-6H,1-3H3,(H,12,13). The molecule has 0 fully saturated rings. The second-order valence-corrected chi connectivity index (χ2v) is 4.90. The van der Waals surface area contributed by atoms with Gasteiger partial charge < -0.3 is 5.11 Å². The number of pyridine rings is 1. The topological polar surface area (TPSA) is 50.2 Å². The summed E-state index contributed by atoms with van der Waals surface area (Å²) in [4.78, 5) is 15.0. The van der Waals surface area contributed by atoms with E-state index in [1.165, 1.54) is 11.8 Å². The van der Waals surface area contributed by atoms with Gasteiger partial charge in [0.2, 0.25) is 0 Å². The molecule has 1 heterocycles. The highest BCUT2D eigenvalue weighted by Crippen LogP contribution is 2.24. The molecule has 0 aliphatic carbocycles. The molecule has 14 heavy (non-hydrogen) atoms. The van der Waals surface area contributed by atoms with Gasteiger partial charge >= 0.3 is 5.97 Å². The van der Waals surface area contributed by atoms with Gasteiger partial charge in [-0.2, -0.15) is 0 Å². The van der Waals surface area contributed by atoms with E-state index in [4.69, 9.17) is 5.11 Å². The predicted octanol–water partition coefficient (Wildman–Crippen LogP) is 2.59. The smallest absolute Gasteiger partial charge is 0.338 e. The van der Waals surface area contributed by atoms with Crippen LogP contribution in [0.5, 0.6) is 0 Å². The van der Waals surface area contributed by atoms with Gasteiger partial charge in [-0.3, -0.25) is 0 Å². The summed E-state index contributed by atoms with van der Waals surface area (Å²) in [5, 5.41) is 9.88. The lowest BCUT2D eigenvalue weighted by molar-refractivity contribution is 0.0692. The number of aromatic carboxylic acids is 1. The molecule has 0 bridgehead atoms. The quantitative estimate of drug-likeness (QED) is 0.781. The third kappa shape index (κ3) is 2.73. The first kappa shape index (κ1) is 11.0. The third-order valence-electron chi connectivity index (χ3n) is 1.57. The van der Waals surface area contributed by atoms with Crippen LogP contribution in [-0.4, -0.2) is 21.3 Å². The molecule has 0 aromatic carbocycles. The molecular formula is C10H13NO2S. The van der Waals surface area contributed by atoms with Crippen LogP contribution in [0.15, 0.2) is 17.3 Å². The average molecular weight is 211 g/mol. The van der Waals surface area contributed by atoms with Crippen molar-refractivity contribution in [1.82, 2.24) is 4.98 Å². The van der Waals surface area contributed by atoms with E-state index in [1.807, 2.05) is 20.8 Å². The van der Waals surface area contributed by atoms with E-state index in [0.717, 1.165) is 5.56 Å². The second-order valence-electron chi connectivity index (χ2n) is 3.34. The number of aryl methyl sites for hydroxylation is 1. The molecule has 3 nitrogen and oxygen atoms in total. The molecule has 0 aliphatic heterocycles. The summed E-state index contributed by atoms with van der Waals surface area (Å²) in [5.74, 6) is -0.913. The summed E-state index contributed by atoms with van der Waals surface area (Å²) in [6.07, 6.45) is 1.69. The molecule has 0 saturated carbocycles. The lowest BCUT2D eigenvalue weighted by Crippen LogP contribution is -2.03. The van der Waals surface area contributed by atoms with E-state index in [2.05, 4.69) is 4.98 Å². The van der Waals surface area contributed by atoms with E-state index >= 15 is 0 Å². The fourth-order valence-electron chi connectivity index (χ4n) is 1.03. The molecule has 0 aliphatic rings. The number of aromatic nitrogens is 1. The van der Waals surface area contributed by atoms with Crippen molar-refractivity contribution >= 4 is 17.7 Å². The van der Waals surface area contributed by atoms with Gasteiger partial charge in [-0.25, -0.2) is 9.78 Å². The number of thioether (sulfide) groups is 1. The van der Waals surface area contributed by atoms with E-state index in [-0.39, 0.29) is 0 Å². The van der Waals surface area contributed by atoms with Gasteiger partial charge in [0, 0.05) is 11.4 Å². The summed E-state index contributed by atoms with van der Waals surface area (Å²) < 4.78 is 0. The number of hydrogen-bond donors (Lipinski definition) is 1. The summed E-state index contributed by atoms with van der Waals surface area (Å²) in [7, 11) is 0. The largest absolute Gasteiger partial charge is 0.478 e. The minimum Gasteiger partial charge on any atom is -0.478 e. The number of carbonyl (C=O) groups is 1. The Bertz CT molecular complexity index is 350. The maximum atomic E-state index is 10.9. The third-order valence-corrected chi connectivity index (χ3v) is 2.59. The number of carboxylic acid groups (broad SMARTS) is 1. The maximum absolute atomic E-state index is 10.9. The van der Waals surface area contributed by atoms with Crippen LogP contribution in [-0.2, 0) is 0 Å². The van der Waals surface area contributed by atoms with Crippen LogP contribution in [0.2, 0.25) is 0 Å². The van der Waals surface area contributed by atoms with E-state index in [0.29, 0.717) is 15.8 Å². The first-order valence-electron chi connectivity index (χ1n) is 4.37. The van der Waals surface area contributed by atoms with Crippen LogP contribution in [0.1, 0.15) is 29.8 Å². The van der Waals surface area contributed by atoms with Crippen LogP contribution in [0.25, 0.3) is 0 Å². The van der Waals surface area contributed by atoms with Crippen LogP contribution in [0, 0.1) is 6.92 Å². The molecule has 0 radical (unpaired) electrons. The van der Waals surface area contributed by atoms with Gasteiger partial charge in [-0.05, 0) is 18.6 Å². The Hall–Kier alpha value is -1.03. The molecule has 4 heteroatoms. The molecule has 0 spiro atoms. The van der Waals surface area contributed by atoms with Crippen molar-refractivity contribution in [3.05, 3.63) is 23.4 Å². The van der Waals surface area contributed by atoms with E-state index in [9.17, 15) is 4.79 Å². The van der Waals surface area contributed by atoms with Crippen LogP contribution < -0.4 is 0 Å². The van der Waals surface area contributed by atoms with Gasteiger partial charge in [0.1, 0.15) is 5.03 Å². The molecule has 76 valence electrons. The van der Waals surface area contributed by atoms with Crippen molar-refractivity contribution in [2.24, 2.45) is 0 Å². The Balaban J connectivity index is 3.08. The van der Waals surface area contributed by atoms with Crippen molar-refractivity contribution in [2.75, 3.05) is 0 Å². The zero-order valence-corrected chi connectivity index (χ0v) is 9.26. The van der Waals surface area contributed by atoms with Gasteiger partial charge in [0.25, 0.3) is 0 Å². The lowest BCUT2D eigenvalue weighted by atomic mass is 10.2. The zero-order chi connectivity index (χ0) is 10.7. The van der Waals surface area contributed by atoms with Gasteiger partial charge in [0.15, 0.2) is 0 Å². The second kappa shape index (κ2) is 4.46. The average Bonchev–Trinajstić information content (AvgIpc) is 2.07. The van der Waals surface area contributed by atoms with Gasteiger partial charge in [-0.1, -0.05) is 13.8 Å². The van der Waals surface area contributed by atoms with Gasteiger partial charge in [-0.15, -0.1) is 11.8 Å². The SMILES string of the molecule is Cc1cnc(SC(C)C)c(C(=O)O)c1. The molecule has 0 amide bonds. The Morgan fingerprint density at radius 2 is 2.21 bits per heavy atom. The number of rotatable bonds is 3. The number of nitrogens with zero attached hydrogens (tertiary/aromatic N) is 1. The highest BCUT2D eigenvalue weighted by atomic mass is 32.2. The molecule has 1 N–H and O–H groups in total. The normalized spacial score (nSPS) is 10.6. The molecule has 0 atom stereocenters. The Morgan fingerprint density at radius 1 is 1.57 bits per heavy atom. The minimum atomic E-state index is -0.913. The van der Waals surface area contributed by atoms with Crippen molar-refractivity contribution < 1.29 is 9.90 Å². The van der Waals surface area contributed by atoms with Crippen molar-refractivity contribution in [3.8, 4) is 0 Å². The minimum absolute atomic E-state index is 0.295. The van der Waals surface area contributed by atoms with E-state index in [1.54, 1.807) is 12.3 Å². The van der Waals surface area contributed by atoms with Gasteiger partial charge in [0.05, 0.1) is 5.56 Å². The summed E-state index contributed by atoms with van der Waals surface area (Å²) in [5.41, 5.74) is 1.17. The summed E-state index contributed by atoms with van der Waals surface area (Å²) in [6.45, 7) is 5.86. The molecule has 1 aromatic heterocycles. The van der Waals surface area contributed by atoms with Crippen molar-refractivity contribution in [2.45, 2.75) is 31.0 Å². The highest BCUT2D eigenvalue weighted by molar-refractivity contribution is 7.99. The Kier molecular flexibility index (Phi) is 3.52. The monoisotopic (exact) mass is 211 g/mol. The predicted molar refractivity (Wildman–Crippen MR) is 56.9 cm³/mol. The molecule has 0 unspecified atom stereocenters. The van der Waals surface area contributed by atoms with Crippen LogP contribution in [0.4, 0.5) is 0 Å². The van der Waals surface area contributed by atoms with Crippen LogP contribution >= 0.6 is 11.8 Å². The summed E-state index contributed by atoms with van der Waals surface area (Å²) >= 11 is 1.47. The Labute approximate surface area is 87.6 Å². The fraction of sp³-hybridized carbons (Fsp3) is 0.400. The zero-order valence-electron chi connectivity index (χ0n) is 8.44. The fourth-order valence-corrected chi connectivity index (χ4v) is 1.86. The van der Waals surface area contributed by atoms with Crippen molar-refractivity contribution in [3.63, 3.8) is 0 Å². The first-order valence-corrected chi connectivity index (χ1v) is 5.25. The van der Waals surface area contributed by atoms with E-state index < -0.39 is 5.97 Å². The molecule has 0 saturated heterocycles. The summed E-state index contributed by atoms with van der Waals surface area (Å²) in [6, 6.07) is 1.65. The number of carboxylic acids is 1. The lowest BCUT2D eigenvalue weighted by Gasteiger charge is -2.07. The molecular weight excluding hydrogens is 198 g/mol. The Morgan fingerprint density at radius 3 is 2.71 bits per heavy atom. The highest BCUT2D eigenvalue weighted by Gasteiger charge is 2.13. The van der Waals surface area contributed by atoms with Crippen molar-refractivity contribution in [1.29, 1.82) is 0 Å². The number of hydrogen-bond acceptors (Lipinski definition) is 3.